The normalized spacial score (nSPS) is 17.2. The number of aliphatic hydroxyl groups is 1. The summed E-state index contributed by atoms with van der Waals surface area (Å²) in [7, 11) is 0. The Morgan fingerprint density at radius 3 is 2.31 bits per heavy atom. The molecule has 3 nitrogen and oxygen atoms in total. The van der Waals surface area contributed by atoms with E-state index in [9.17, 15) is 22.7 Å². The lowest BCUT2D eigenvalue weighted by Gasteiger charge is -2.45. The van der Waals surface area contributed by atoms with Crippen LogP contribution in [-0.4, -0.2) is 30.5 Å². The molecule has 0 spiro atoms. The molecular weight excluding hydrogens is 420 g/mol. The second-order valence-electron chi connectivity index (χ2n) is 8.10. The number of hydrogen-bond donors (Lipinski definition) is 1. The highest BCUT2D eigenvalue weighted by Gasteiger charge is 2.42. The van der Waals surface area contributed by atoms with E-state index in [1.165, 1.54) is 6.07 Å². The van der Waals surface area contributed by atoms with Crippen molar-refractivity contribution >= 4 is 11.4 Å². The van der Waals surface area contributed by atoms with Gasteiger partial charge in [-0.15, -0.1) is 0 Å². The van der Waals surface area contributed by atoms with Gasteiger partial charge in [0, 0.05) is 18.7 Å². The van der Waals surface area contributed by atoms with E-state index in [-0.39, 0.29) is 12.4 Å². The summed E-state index contributed by atoms with van der Waals surface area (Å²) in [5, 5.41) is 9.87. The highest BCUT2D eigenvalue weighted by atomic mass is 19.4. The van der Waals surface area contributed by atoms with Crippen molar-refractivity contribution < 1.29 is 22.7 Å². The molecule has 0 bridgehead atoms. The van der Waals surface area contributed by atoms with Gasteiger partial charge in [-0.2, -0.15) is 13.2 Å². The largest absolute Gasteiger partial charge is 0.416 e. The summed E-state index contributed by atoms with van der Waals surface area (Å²) in [6.07, 6.45) is -7.21. The van der Waals surface area contributed by atoms with Gasteiger partial charge in [0.1, 0.15) is 5.82 Å². The molecule has 1 heterocycles. The van der Waals surface area contributed by atoms with E-state index in [0.717, 1.165) is 11.1 Å². The first-order valence-electron chi connectivity index (χ1n) is 10.4. The Labute approximate surface area is 184 Å². The molecule has 0 saturated carbocycles. The Morgan fingerprint density at radius 1 is 0.969 bits per heavy atom. The lowest BCUT2D eigenvalue weighted by molar-refractivity contribution is -0.200. The second-order valence-corrected chi connectivity index (χ2v) is 8.10. The first kappa shape index (κ1) is 22.1. The number of para-hydroxylation sites is 2. The van der Waals surface area contributed by atoms with Crippen molar-refractivity contribution in [1.29, 1.82) is 0 Å². The van der Waals surface area contributed by atoms with E-state index in [1.54, 1.807) is 35.2 Å². The summed E-state index contributed by atoms with van der Waals surface area (Å²) in [6.45, 7) is 1.93. The van der Waals surface area contributed by atoms with E-state index in [0.29, 0.717) is 23.5 Å². The predicted octanol–water partition coefficient (Wildman–Crippen LogP) is 5.63. The van der Waals surface area contributed by atoms with Crippen LogP contribution in [0.1, 0.15) is 22.7 Å². The highest BCUT2D eigenvalue weighted by Crippen LogP contribution is 2.42. The molecule has 0 amide bonds. The van der Waals surface area contributed by atoms with Gasteiger partial charge < -0.3 is 14.9 Å². The van der Waals surface area contributed by atoms with Crippen molar-refractivity contribution in [3.05, 3.63) is 95.3 Å². The molecule has 3 aromatic carbocycles. The fraction of sp³-hybridized carbons (Fsp3) is 0.280. The van der Waals surface area contributed by atoms with Gasteiger partial charge in [0.05, 0.1) is 24.0 Å². The van der Waals surface area contributed by atoms with Crippen LogP contribution < -0.4 is 9.80 Å². The molecule has 0 radical (unpaired) electrons. The van der Waals surface area contributed by atoms with Gasteiger partial charge in [-0.05, 0) is 30.7 Å². The zero-order valence-electron chi connectivity index (χ0n) is 17.6. The third-order valence-corrected chi connectivity index (χ3v) is 5.80. The minimum absolute atomic E-state index is 0.281. The SMILES string of the molecule is Cc1ccc(F)c(CN2C[C@@H](c3ccccc3)N(C[C@@H](O)C(F)(F)F)c3ccccc32)c1. The van der Waals surface area contributed by atoms with Gasteiger partial charge >= 0.3 is 6.18 Å². The number of rotatable bonds is 5. The van der Waals surface area contributed by atoms with Gasteiger partial charge in [-0.25, -0.2) is 4.39 Å². The van der Waals surface area contributed by atoms with Gasteiger partial charge in [0.15, 0.2) is 6.10 Å². The maximum atomic E-state index is 14.5. The Kier molecular flexibility index (Phi) is 6.11. The van der Waals surface area contributed by atoms with E-state index < -0.39 is 24.9 Å². The Bertz CT molecular complexity index is 1070. The quantitative estimate of drug-likeness (QED) is 0.517. The van der Waals surface area contributed by atoms with E-state index in [4.69, 9.17) is 0 Å². The third kappa shape index (κ3) is 4.58. The Hall–Kier alpha value is -3.06. The maximum Gasteiger partial charge on any atom is 0.416 e. The average Bonchev–Trinajstić information content (AvgIpc) is 2.77. The van der Waals surface area contributed by atoms with Crippen molar-refractivity contribution in [1.82, 2.24) is 0 Å². The summed E-state index contributed by atoms with van der Waals surface area (Å²) in [5.74, 6) is -0.320. The molecule has 0 saturated heterocycles. The molecule has 0 fully saturated rings. The first-order valence-corrected chi connectivity index (χ1v) is 10.4. The number of halogens is 4. The molecule has 0 unspecified atom stereocenters. The van der Waals surface area contributed by atoms with Crippen molar-refractivity contribution in [2.24, 2.45) is 0 Å². The second kappa shape index (κ2) is 8.82. The zero-order chi connectivity index (χ0) is 22.9. The number of benzene rings is 3. The minimum Gasteiger partial charge on any atom is -0.382 e. The highest BCUT2D eigenvalue weighted by molar-refractivity contribution is 5.74. The van der Waals surface area contributed by atoms with Crippen LogP contribution in [0.2, 0.25) is 0 Å². The van der Waals surface area contributed by atoms with Crippen LogP contribution in [0.4, 0.5) is 28.9 Å². The topological polar surface area (TPSA) is 26.7 Å². The molecule has 3 aromatic rings. The van der Waals surface area contributed by atoms with Crippen molar-refractivity contribution in [2.75, 3.05) is 22.9 Å². The third-order valence-electron chi connectivity index (χ3n) is 5.80. The van der Waals surface area contributed by atoms with Crippen LogP contribution in [0.3, 0.4) is 0 Å². The fourth-order valence-electron chi connectivity index (χ4n) is 4.20. The average molecular weight is 444 g/mol. The van der Waals surface area contributed by atoms with E-state index >= 15 is 0 Å². The lowest BCUT2D eigenvalue weighted by Crippen LogP contribution is -2.49. The monoisotopic (exact) mass is 444 g/mol. The van der Waals surface area contributed by atoms with Gasteiger partial charge in [0.2, 0.25) is 0 Å². The zero-order valence-corrected chi connectivity index (χ0v) is 17.6. The van der Waals surface area contributed by atoms with Gasteiger partial charge in [0.25, 0.3) is 0 Å². The number of alkyl halides is 3. The predicted molar refractivity (Wildman–Crippen MR) is 117 cm³/mol. The maximum absolute atomic E-state index is 14.5. The van der Waals surface area contributed by atoms with Crippen molar-refractivity contribution in [3.63, 3.8) is 0 Å². The van der Waals surface area contributed by atoms with Crippen LogP contribution in [0.5, 0.6) is 0 Å². The number of aryl methyl sites for hydroxylation is 1. The summed E-state index contributed by atoms with van der Waals surface area (Å²) in [4.78, 5) is 3.59. The fourth-order valence-corrected chi connectivity index (χ4v) is 4.20. The van der Waals surface area contributed by atoms with Gasteiger partial charge in [-0.1, -0.05) is 60.2 Å². The Balaban J connectivity index is 1.77. The van der Waals surface area contributed by atoms with Crippen LogP contribution in [-0.2, 0) is 6.54 Å². The van der Waals surface area contributed by atoms with E-state index in [1.807, 2.05) is 48.2 Å². The van der Waals surface area contributed by atoms with Gasteiger partial charge in [-0.3, -0.25) is 0 Å². The molecule has 0 aromatic heterocycles. The number of aliphatic hydroxyl groups excluding tert-OH is 1. The van der Waals surface area contributed by atoms with Crippen molar-refractivity contribution in [3.8, 4) is 0 Å². The summed E-state index contributed by atoms with van der Waals surface area (Å²) < 4.78 is 54.2. The number of fused-ring (bicyclic) bond motifs is 1. The number of hydrogen-bond acceptors (Lipinski definition) is 3. The molecule has 32 heavy (non-hydrogen) atoms. The summed E-state index contributed by atoms with van der Waals surface area (Å²) >= 11 is 0. The molecule has 1 aliphatic rings. The van der Waals surface area contributed by atoms with E-state index in [2.05, 4.69) is 0 Å². The standard InChI is InChI=1S/C25H24F4N2O/c1-17-11-12-20(26)19(13-17)14-30-15-23(18-7-3-2-4-8-18)31(16-24(32)25(27,28)29)22-10-6-5-9-21(22)30/h2-13,23-24,32H,14-16H2,1H3/t23-,24+/m0/s1. The van der Waals surface area contributed by atoms with Crippen LogP contribution in [0, 0.1) is 12.7 Å². The number of nitrogens with zero attached hydrogens (tertiary/aromatic N) is 2. The molecule has 168 valence electrons. The lowest BCUT2D eigenvalue weighted by atomic mass is 9.98. The molecule has 4 rings (SSSR count). The molecular formula is C25H24F4N2O. The molecule has 7 heteroatoms. The minimum atomic E-state index is -4.72. The smallest absolute Gasteiger partial charge is 0.382 e. The molecule has 0 aliphatic carbocycles. The molecule has 1 aliphatic heterocycles. The first-order chi connectivity index (χ1) is 15.2. The summed E-state index contributed by atoms with van der Waals surface area (Å²) in [5.41, 5.74) is 3.56. The van der Waals surface area contributed by atoms with Crippen LogP contribution in [0.25, 0.3) is 0 Å². The number of anilines is 2. The summed E-state index contributed by atoms with van der Waals surface area (Å²) in [6, 6.07) is 20.8. The van der Waals surface area contributed by atoms with Crippen LogP contribution in [0.15, 0.2) is 72.8 Å². The molecule has 2 atom stereocenters. The van der Waals surface area contributed by atoms with Crippen LogP contribution >= 0.6 is 0 Å². The molecule has 1 N–H and O–H groups in total. The van der Waals surface area contributed by atoms with Crippen molar-refractivity contribution in [2.45, 2.75) is 31.8 Å². The Morgan fingerprint density at radius 2 is 1.62 bits per heavy atom. The number of β-amino-alcohol motifs (C(OH)–C–C–N with tert-alkyl or cyclic N) is 1.